The average molecular weight is 205 g/mol. The quantitative estimate of drug-likeness (QED) is 0.796. The van der Waals surface area contributed by atoms with Gasteiger partial charge in [-0.1, -0.05) is 0 Å². The van der Waals surface area contributed by atoms with Crippen LogP contribution in [0.4, 0.5) is 5.69 Å². The van der Waals surface area contributed by atoms with Crippen molar-refractivity contribution in [3.05, 3.63) is 24.0 Å². The maximum absolute atomic E-state index is 5.72. The number of pyridine rings is 1. The largest absolute Gasteiger partial charge is 0.371 e. The summed E-state index contributed by atoms with van der Waals surface area (Å²) in [6.07, 6.45) is 6.51. The molecule has 0 bridgehead atoms. The predicted octanol–water partition coefficient (Wildman–Crippen LogP) is 1.78. The van der Waals surface area contributed by atoms with Crippen LogP contribution in [0.1, 0.15) is 25.3 Å². The second-order valence-electron chi connectivity index (χ2n) is 4.19. The van der Waals surface area contributed by atoms with Gasteiger partial charge in [-0.05, 0) is 31.7 Å². The van der Waals surface area contributed by atoms with Crippen LogP contribution in [-0.4, -0.2) is 18.1 Å². The summed E-state index contributed by atoms with van der Waals surface area (Å²) in [5, 5.41) is 0. The van der Waals surface area contributed by atoms with Crippen molar-refractivity contribution in [3.63, 3.8) is 0 Å². The Morgan fingerprint density at radius 3 is 2.93 bits per heavy atom. The van der Waals surface area contributed by atoms with Crippen LogP contribution >= 0.6 is 0 Å². The number of rotatable bonds is 5. The summed E-state index contributed by atoms with van der Waals surface area (Å²) in [5.74, 6) is 0.906. The molecule has 1 aliphatic rings. The highest BCUT2D eigenvalue weighted by Crippen LogP contribution is 2.32. The van der Waals surface area contributed by atoms with Crippen molar-refractivity contribution < 1.29 is 0 Å². The molecule has 15 heavy (non-hydrogen) atoms. The van der Waals surface area contributed by atoms with Crippen LogP contribution in [0.25, 0.3) is 0 Å². The Morgan fingerprint density at radius 2 is 2.33 bits per heavy atom. The lowest BCUT2D eigenvalue weighted by Gasteiger charge is -2.25. The zero-order valence-electron chi connectivity index (χ0n) is 9.32. The van der Waals surface area contributed by atoms with Gasteiger partial charge in [0.25, 0.3) is 0 Å². The van der Waals surface area contributed by atoms with Crippen molar-refractivity contribution in [1.29, 1.82) is 0 Å². The molecule has 0 amide bonds. The first-order valence-corrected chi connectivity index (χ1v) is 5.73. The lowest BCUT2D eigenvalue weighted by molar-refractivity contribution is 0.736. The molecular formula is C12H19N3. The lowest BCUT2D eigenvalue weighted by atomic mass is 10.2. The summed E-state index contributed by atoms with van der Waals surface area (Å²) >= 11 is 0. The number of nitrogens with two attached hydrogens (primary N) is 1. The molecule has 0 aliphatic heterocycles. The number of aromatic nitrogens is 1. The molecule has 82 valence electrons. The fourth-order valence-electron chi connectivity index (χ4n) is 1.90. The Kier molecular flexibility index (Phi) is 3.21. The van der Waals surface area contributed by atoms with Gasteiger partial charge in [0.2, 0.25) is 0 Å². The van der Waals surface area contributed by atoms with Gasteiger partial charge in [0.15, 0.2) is 0 Å². The van der Waals surface area contributed by atoms with Crippen LogP contribution in [0, 0.1) is 5.92 Å². The zero-order chi connectivity index (χ0) is 10.7. The first-order valence-electron chi connectivity index (χ1n) is 5.73. The van der Waals surface area contributed by atoms with E-state index in [0.29, 0.717) is 6.54 Å². The van der Waals surface area contributed by atoms with E-state index in [9.17, 15) is 0 Å². The third-order valence-corrected chi connectivity index (χ3v) is 3.00. The van der Waals surface area contributed by atoms with E-state index in [1.807, 2.05) is 12.4 Å². The molecule has 3 heteroatoms. The van der Waals surface area contributed by atoms with Gasteiger partial charge in [0, 0.05) is 43.3 Å². The summed E-state index contributed by atoms with van der Waals surface area (Å²) in [4.78, 5) is 6.54. The minimum atomic E-state index is 0.574. The van der Waals surface area contributed by atoms with E-state index in [2.05, 4.69) is 22.9 Å². The normalized spacial score (nSPS) is 15.3. The standard InChI is InChI=1S/C12H19N3/c1-2-15(9-10-3-4-10)12-5-6-14-8-11(12)7-13/h5-6,8,10H,2-4,7,9,13H2,1H3. The Bertz CT molecular complexity index is 320. The van der Waals surface area contributed by atoms with Crippen LogP contribution in [0.2, 0.25) is 0 Å². The van der Waals surface area contributed by atoms with E-state index in [1.54, 1.807) is 0 Å². The highest BCUT2D eigenvalue weighted by Gasteiger charge is 2.24. The molecule has 0 unspecified atom stereocenters. The Labute approximate surface area is 91.3 Å². The van der Waals surface area contributed by atoms with E-state index in [1.165, 1.54) is 25.1 Å². The smallest absolute Gasteiger partial charge is 0.0442 e. The number of hydrogen-bond acceptors (Lipinski definition) is 3. The van der Waals surface area contributed by atoms with Gasteiger partial charge in [-0.3, -0.25) is 4.98 Å². The molecule has 0 saturated heterocycles. The van der Waals surface area contributed by atoms with Crippen molar-refractivity contribution in [2.75, 3.05) is 18.0 Å². The van der Waals surface area contributed by atoms with Gasteiger partial charge >= 0.3 is 0 Å². The Hall–Kier alpha value is -1.09. The van der Waals surface area contributed by atoms with Crippen molar-refractivity contribution >= 4 is 5.69 Å². The van der Waals surface area contributed by atoms with Crippen LogP contribution in [0.3, 0.4) is 0 Å². The highest BCUT2D eigenvalue weighted by molar-refractivity contribution is 5.52. The van der Waals surface area contributed by atoms with Crippen molar-refractivity contribution in [2.45, 2.75) is 26.3 Å². The Morgan fingerprint density at radius 1 is 1.53 bits per heavy atom. The van der Waals surface area contributed by atoms with Gasteiger partial charge in [0.1, 0.15) is 0 Å². The van der Waals surface area contributed by atoms with Gasteiger partial charge in [0.05, 0.1) is 0 Å². The third-order valence-electron chi connectivity index (χ3n) is 3.00. The summed E-state index contributed by atoms with van der Waals surface area (Å²) in [5.41, 5.74) is 8.14. The van der Waals surface area contributed by atoms with E-state index >= 15 is 0 Å². The maximum Gasteiger partial charge on any atom is 0.0442 e. The van der Waals surface area contributed by atoms with E-state index in [0.717, 1.165) is 18.0 Å². The van der Waals surface area contributed by atoms with Crippen LogP contribution in [0.15, 0.2) is 18.5 Å². The van der Waals surface area contributed by atoms with Gasteiger partial charge in [-0.25, -0.2) is 0 Å². The molecule has 1 aromatic heterocycles. The molecule has 3 nitrogen and oxygen atoms in total. The van der Waals surface area contributed by atoms with E-state index in [4.69, 9.17) is 5.73 Å². The van der Waals surface area contributed by atoms with Gasteiger partial charge in [-0.2, -0.15) is 0 Å². The lowest BCUT2D eigenvalue weighted by Crippen LogP contribution is -2.26. The van der Waals surface area contributed by atoms with Crippen LogP contribution in [0.5, 0.6) is 0 Å². The summed E-state index contributed by atoms with van der Waals surface area (Å²) in [6.45, 7) is 4.99. The number of nitrogens with zero attached hydrogens (tertiary/aromatic N) is 2. The van der Waals surface area contributed by atoms with E-state index in [-0.39, 0.29) is 0 Å². The molecule has 1 saturated carbocycles. The Balaban J connectivity index is 2.15. The molecule has 1 heterocycles. The average Bonchev–Trinajstić information content (AvgIpc) is 3.10. The molecule has 0 aromatic carbocycles. The number of hydrogen-bond donors (Lipinski definition) is 1. The minimum Gasteiger partial charge on any atom is -0.371 e. The summed E-state index contributed by atoms with van der Waals surface area (Å²) in [6, 6.07) is 2.08. The molecule has 1 aliphatic carbocycles. The first-order chi connectivity index (χ1) is 7.35. The second-order valence-corrected chi connectivity index (χ2v) is 4.19. The van der Waals surface area contributed by atoms with Gasteiger partial charge in [-0.15, -0.1) is 0 Å². The zero-order valence-corrected chi connectivity index (χ0v) is 9.32. The summed E-state index contributed by atoms with van der Waals surface area (Å²) < 4.78 is 0. The highest BCUT2D eigenvalue weighted by atomic mass is 15.1. The van der Waals surface area contributed by atoms with Crippen LogP contribution < -0.4 is 10.6 Å². The number of anilines is 1. The topological polar surface area (TPSA) is 42.2 Å². The molecule has 2 rings (SSSR count). The predicted molar refractivity (Wildman–Crippen MR) is 62.7 cm³/mol. The molecule has 1 fully saturated rings. The molecule has 0 spiro atoms. The second kappa shape index (κ2) is 4.62. The fourth-order valence-corrected chi connectivity index (χ4v) is 1.90. The first kappa shape index (κ1) is 10.4. The van der Waals surface area contributed by atoms with E-state index < -0.39 is 0 Å². The SMILES string of the molecule is CCN(CC1CC1)c1ccncc1CN. The molecule has 0 atom stereocenters. The van der Waals surface area contributed by atoms with Crippen molar-refractivity contribution in [1.82, 2.24) is 4.98 Å². The van der Waals surface area contributed by atoms with Crippen molar-refractivity contribution in [2.24, 2.45) is 11.7 Å². The fraction of sp³-hybridized carbons (Fsp3) is 0.583. The van der Waals surface area contributed by atoms with Crippen LogP contribution in [-0.2, 0) is 6.54 Å². The molecule has 0 radical (unpaired) electrons. The summed E-state index contributed by atoms with van der Waals surface area (Å²) in [7, 11) is 0. The molecule has 1 aromatic rings. The van der Waals surface area contributed by atoms with Gasteiger partial charge < -0.3 is 10.6 Å². The monoisotopic (exact) mass is 205 g/mol. The minimum absolute atomic E-state index is 0.574. The maximum atomic E-state index is 5.72. The molecule has 2 N–H and O–H groups in total. The third kappa shape index (κ3) is 2.48. The molecular weight excluding hydrogens is 186 g/mol. The van der Waals surface area contributed by atoms with Crippen molar-refractivity contribution in [3.8, 4) is 0 Å².